The molecule has 3 fully saturated rings. The van der Waals surface area contributed by atoms with Crippen LogP contribution in [0.4, 0.5) is 0 Å². The second-order valence-corrected chi connectivity index (χ2v) is 12.0. The minimum absolute atomic E-state index is 0.776. The predicted octanol–water partition coefficient (Wildman–Crippen LogP) is 5.81. The summed E-state index contributed by atoms with van der Waals surface area (Å²) in [6.07, 6.45) is 11.0. The van der Waals surface area contributed by atoms with Crippen molar-refractivity contribution in [3.63, 3.8) is 0 Å². The van der Waals surface area contributed by atoms with Crippen LogP contribution in [0, 0.1) is 12.8 Å². The smallest absolute Gasteiger partial charge is 0.0567 e. The van der Waals surface area contributed by atoms with Gasteiger partial charge < -0.3 is 14.7 Å². The lowest BCUT2D eigenvalue weighted by atomic mass is 10.0. The molecule has 6 rings (SSSR count). The molecule has 5 nitrogen and oxygen atoms in total. The van der Waals surface area contributed by atoms with Crippen molar-refractivity contribution in [2.45, 2.75) is 59.4 Å². The Bertz CT molecular complexity index is 1200. The summed E-state index contributed by atoms with van der Waals surface area (Å²) >= 11 is 0. The van der Waals surface area contributed by atoms with Gasteiger partial charge in [0.25, 0.3) is 0 Å². The molecule has 1 aromatic rings. The summed E-state index contributed by atoms with van der Waals surface area (Å²) in [4.78, 5) is 15.2. The van der Waals surface area contributed by atoms with Crippen LogP contribution in [0.5, 0.6) is 0 Å². The Labute approximate surface area is 229 Å². The topological polar surface area (TPSA) is 25.3 Å². The minimum Gasteiger partial charge on any atom is -0.370 e. The van der Waals surface area contributed by atoms with E-state index in [1.165, 1.54) is 76.4 Å². The minimum atomic E-state index is 0.776. The van der Waals surface area contributed by atoms with Gasteiger partial charge >= 0.3 is 0 Å². The number of rotatable bonds is 7. The number of allylic oxidation sites excluding steroid dienone is 5. The number of hydrogen-bond donors (Lipinski definition) is 0. The molecule has 3 heterocycles. The van der Waals surface area contributed by atoms with E-state index < -0.39 is 0 Å². The van der Waals surface area contributed by atoms with E-state index >= 15 is 0 Å². The molecule has 0 atom stereocenters. The first-order chi connectivity index (χ1) is 18.5. The monoisotopic (exact) mass is 511 g/mol. The van der Waals surface area contributed by atoms with E-state index in [0.29, 0.717) is 0 Å². The molecular formula is C33H45N5. The highest BCUT2D eigenvalue weighted by Gasteiger charge is 2.33. The fourth-order valence-corrected chi connectivity index (χ4v) is 6.68. The average Bonchev–Trinajstić information content (AvgIpc) is 3.72. The van der Waals surface area contributed by atoms with Crippen LogP contribution in [0.1, 0.15) is 62.6 Å². The number of nitrogens with zero attached hydrogens (tertiary/aromatic N) is 5. The molecule has 0 bridgehead atoms. The molecule has 2 aliphatic carbocycles. The Hall–Kier alpha value is -2.79. The summed E-state index contributed by atoms with van der Waals surface area (Å²) in [5.74, 6) is 0.776. The lowest BCUT2D eigenvalue weighted by Gasteiger charge is -2.39. The van der Waals surface area contributed by atoms with Gasteiger partial charge in [-0.2, -0.15) is 0 Å². The van der Waals surface area contributed by atoms with E-state index in [-0.39, 0.29) is 0 Å². The largest absolute Gasteiger partial charge is 0.370 e. The van der Waals surface area contributed by atoms with Gasteiger partial charge in [0.15, 0.2) is 0 Å². The molecule has 38 heavy (non-hydrogen) atoms. The van der Waals surface area contributed by atoms with Crippen molar-refractivity contribution in [2.24, 2.45) is 10.9 Å². The third-order valence-electron chi connectivity index (χ3n) is 9.26. The first-order valence-electron chi connectivity index (χ1n) is 14.9. The lowest BCUT2D eigenvalue weighted by Crippen LogP contribution is -2.45. The maximum absolute atomic E-state index is 4.92. The van der Waals surface area contributed by atoms with Gasteiger partial charge in [0.1, 0.15) is 0 Å². The first-order valence-corrected chi connectivity index (χ1v) is 14.9. The molecule has 5 aliphatic rings. The van der Waals surface area contributed by atoms with Crippen LogP contribution >= 0.6 is 0 Å². The van der Waals surface area contributed by atoms with Crippen LogP contribution < -0.4 is 0 Å². The third kappa shape index (κ3) is 5.36. The zero-order valence-electron chi connectivity index (χ0n) is 23.8. The van der Waals surface area contributed by atoms with Crippen molar-refractivity contribution in [2.75, 3.05) is 52.4 Å². The number of aryl methyl sites for hydroxylation is 1. The van der Waals surface area contributed by atoms with Gasteiger partial charge in [-0.25, -0.2) is 0 Å². The molecule has 202 valence electrons. The zero-order valence-corrected chi connectivity index (χ0v) is 23.8. The van der Waals surface area contributed by atoms with E-state index in [1.54, 1.807) is 0 Å². The maximum Gasteiger partial charge on any atom is 0.0567 e. The van der Waals surface area contributed by atoms with E-state index in [9.17, 15) is 0 Å². The van der Waals surface area contributed by atoms with E-state index in [0.717, 1.165) is 71.2 Å². The third-order valence-corrected chi connectivity index (χ3v) is 9.26. The molecule has 0 amide bonds. The molecule has 1 aromatic carbocycles. The Kier molecular flexibility index (Phi) is 7.22. The van der Waals surface area contributed by atoms with Gasteiger partial charge in [-0.3, -0.25) is 9.89 Å². The number of benzene rings is 1. The van der Waals surface area contributed by atoms with Crippen LogP contribution in [0.2, 0.25) is 0 Å². The molecule has 1 saturated carbocycles. The van der Waals surface area contributed by atoms with Crippen molar-refractivity contribution < 1.29 is 0 Å². The fraction of sp³-hybridized carbons (Fsp3) is 0.545. The van der Waals surface area contributed by atoms with Crippen molar-refractivity contribution in [3.8, 4) is 0 Å². The Morgan fingerprint density at radius 2 is 1.61 bits per heavy atom. The molecule has 0 radical (unpaired) electrons. The van der Waals surface area contributed by atoms with Crippen molar-refractivity contribution in [1.82, 2.24) is 19.6 Å². The van der Waals surface area contributed by atoms with Gasteiger partial charge in [0.05, 0.1) is 5.70 Å². The van der Waals surface area contributed by atoms with Crippen LogP contribution in [0.15, 0.2) is 64.6 Å². The highest BCUT2D eigenvalue weighted by Crippen LogP contribution is 2.38. The average molecular weight is 512 g/mol. The standard InChI is InChI=1S/C33H45N5/c1-24-9-10-28(23-35-13-15-37(16-14-35)32-8-6-5-7-25(32)2)21-30(24)27(4)36-17-19-38(20-18-36)33-22-31(29-11-12-29)34-26(33)3/h7-10,21,29H,4-6,11-20,22-23H2,1-3H3. The van der Waals surface area contributed by atoms with Gasteiger partial charge in [-0.05, 0) is 75.1 Å². The quantitative estimate of drug-likeness (QED) is 0.461. The SMILES string of the molecule is C=C(c1cc(CN2CCN(C3=CCCC=C3C)CC2)ccc1C)N1CCN(C2=C(C)N=C(C3CC3)C2)CC1. The lowest BCUT2D eigenvalue weighted by molar-refractivity contribution is 0.154. The van der Waals surface area contributed by atoms with Gasteiger partial charge in [0.2, 0.25) is 0 Å². The van der Waals surface area contributed by atoms with Crippen LogP contribution in [-0.4, -0.2) is 77.7 Å². The molecule has 3 aliphatic heterocycles. The molecule has 0 N–H and O–H groups in total. The second kappa shape index (κ2) is 10.8. The predicted molar refractivity (Wildman–Crippen MR) is 159 cm³/mol. The van der Waals surface area contributed by atoms with Crippen molar-refractivity contribution in [3.05, 3.63) is 76.3 Å². The number of aliphatic imine (C=N–C) groups is 1. The van der Waals surface area contributed by atoms with E-state index in [2.05, 4.69) is 77.3 Å². The Morgan fingerprint density at radius 3 is 2.32 bits per heavy atom. The van der Waals surface area contributed by atoms with Crippen LogP contribution in [0.3, 0.4) is 0 Å². The molecule has 0 spiro atoms. The molecule has 2 saturated heterocycles. The fourth-order valence-electron chi connectivity index (χ4n) is 6.68. The second-order valence-electron chi connectivity index (χ2n) is 12.0. The normalized spacial score (nSPS) is 23.0. The first kappa shape index (κ1) is 25.5. The summed E-state index contributed by atoms with van der Waals surface area (Å²) in [6, 6.07) is 7.03. The van der Waals surface area contributed by atoms with Crippen molar-refractivity contribution >= 4 is 11.4 Å². The van der Waals surface area contributed by atoms with Crippen LogP contribution in [-0.2, 0) is 6.54 Å². The molecular weight excluding hydrogens is 466 g/mol. The summed E-state index contributed by atoms with van der Waals surface area (Å²) in [6.45, 7) is 21.0. The summed E-state index contributed by atoms with van der Waals surface area (Å²) < 4.78 is 0. The van der Waals surface area contributed by atoms with Gasteiger partial charge in [0, 0.05) is 93.7 Å². The van der Waals surface area contributed by atoms with Crippen molar-refractivity contribution in [1.29, 1.82) is 0 Å². The van der Waals surface area contributed by atoms with E-state index in [1.807, 2.05) is 0 Å². The summed E-state index contributed by atoms with van der Waals surface area (Å²) in [7, 11) is 0. The molecule has 0 aromatic heterocycles. The Balaban J connectivity index is 1.03. The summed E-state index contributed by atoms with van der Waals surface area (Å²) in [5.41, 5.74) is 12.3. The highest BCUT2D eigenvalue weighted by molar-refractivity contribution is 5.93. The van der Waals surface area contributed by atoms with Gasteiger partial charge in [-0.15, -0.1) is 0 Å². The number of piperazine rings is 2. The Morgan fingerprint density at radius 1 is 0.895 bits per heavy atom. The summed E-state index contributed by atoms with van der Waals surface area (Å²) in [5, 5.41) is 0. The maximum atomic E-state index is 4.92. The molecule has 0 unspecified atom stereocenters. The molecule has 5 heteroatoms. The van der Waals surface area contributed by atoms with Gasteiger partial charge in [-0.1, -0.05) is 30.9 Å². The van der Waals surface area contributed by atoms with E-state index in [4.69, 9.17) is 4.99 Å². The highest BCUT2D eigenvalue weighted by atomic mass is 15.3. The van der Waals surface area contributed by atoms with Crippen LogP contribution in [0.25, 0.3) is 5.70 Å². The zero-order chi connectivity index (χ0) is 26.2. The number of hydrogen-bond acceptors (Lipinski definition) is 5.